The molecule has 10 heteroatoms. The van der Waals surface area contributed by atoms with Crippen LogP contribution in [0.4, 0.5) is 0 Å². The fourth-order valence-electron chi connectivity index (χ4n) is 3.95. The van der Waals surface area contributed by atoms with Gasteiger partial charge in [-0.1, -0.05) is 36.4 Å². The molecule has 36 heavy (non-hydrogen) atoms. The van der Waals surface area contributed by atoms with Gasteiger partial charge in [0.1, 0.15) is 13.1 Å². The molecule has 3 aromatic carbocycles. The van der Waals surface area contributed by atoms with E-state index >= 15 is 0 Å². The van der Waals surface area contributed by atoms with Gasteiger partial charge in [-0.25, -0.2) is 9.59 Å². The SMILES string of the molecule is O=C(CN1C(=O)c2ccccc2C1=O)Oc1ccccc1OC(=O)CN1C(=O)c2ccccc2C1=O. The van der Waals surface area contributed by atoms with Crippen molar-refractivity contribution in [3.05, 3.63) is 95.1 Å². The first kappa shape index (κ1) is 22.7. The largest absolute Gasteiger partial charge is 0.421 e. The van der Waals surface area contributed by atoms with Gasteiger partial charge in [-0.15, -0.1) is 0 Å². The number of esters is 2. The van der Waals surface area contributed by atoms with E-state index in [-0.39, 0.29) is 33.8 Å². The molecule has 0 spiro atoms. The molecular formula is C26H16N2O8. The lowest BCUT2D eigenvalue weighted by Gasteiger charge is -2.16. The van der Waals surface area contributed by atoms with E-state index in [1.807, 2.05) is 0 Å². The number of imide groups is 2. The zero-order valence-electron chi connectivity index (χ0n) is 18.5. The average molecular weight is 484 g/mol. The maximum atomic E-state index is 12.5. The molecule has 0 saturated carbocycles. The number of para-hydroxylation sites is 2. The number of nitrogens with zero attached hydrogens (tertiary/aromatic N) is 2. The maximum Gasteiger partial charge on any atom is 0.331 e. The number of carbonyl (C=O) groups is 6. The lowest BCUT2D eigenvalue weighted by atomic mass is 10.1. The Kier molecular flexibility index (Phi) is 5.61. The molecule has 0 saturated heterocycles. The van der Waals surface area contributed by atoms with Gasteiger partial charge in [0.05, 0.1) is 22.3 Å². The van der Waals surface area contributed by atoms with Gasteiger partial charge in [0.15, 0.2) is 11.5 Å². The molecule has 0 radical (unpaired) electrons. The van der Waals surface area contributed by atoms with Gasteiger partial charge in [0.2, 0.25) is 0 Å². The monoisotopic (exact) mass is 484 g/mol. The van der Waals surface area contributed by atoms with Gasteiger partial charge < -0.3 is 9.47 Å². The molecule has 0 aliphatic carbocycles. The fourth-order valence-corrected chi connectivity index (χ4v) is 3.95. The number of benzene rings is 3. The van der Waals surface area contributed by atoms with Crippen LogP contribution in [0.5, 0.6) is 11.5 Å². The van der Waals surface area contributed by atoms with Gasteiger partial charge >= 0.3 is 11.9 Å². The molecule has 0 aromatic heterocycles. The Balaban J connectivity index is 1.24. The molecular weight excluding hydrogens is 468 g/mol. The summed E-state index contributed by atoms with van der Waals surface area (Å²) in [6, 6.07) is 18.1. The first-order valence-electron chi connectivity index (χ1n) is 10.8. The number of ether oxygens (including phenoxy) is 2. The summed E-state index contributed by atoms with van der Waals surface area (Å²) in [6.45, 7) is -1.30. The van der Waals surface area contributed by atoms with Crippen molar-refractivity contribution in [2.45, 2.75) is 0 Å². The lowest BCUT2D eigenvalue weighted by Crippen LogP contribution is -2.37. The van der Waals surface area contributed by atoms with Crippen LogP contribution in [0.25, 0.3) is 0 Å². The molecule has 5 rings (SSSR count). The molecule has 0 fully saturated rings. The Morgan fingerprint density at radius 1 is 0.500 bits per heavy atom. The first-order chi connectivity index (χ1) is 17.3. The van der Waals surface area contributed by atoms with Crippen LogP contribution in [0.1, 0.15) is 41.4 Å². The van der Waals surface area contributed by atoms with E-state index < -0.39 is 48.7 Å². The number of fused-ring (bicyclic) bond motifs is 2. The van der Waals surface area contributed by atoms with Crippen molar-refractivity contribution >= 4 is 35.6 Å². The highest BCUT2D eigenvalue weighted by Gasteiger charge is 2.38. The Bertz CT molecular complexity index is 1300. The predicted octanol–water partition coefficient (Wildman–Crippen LogP) is 2.09. The Morgan fingerprint density at radius 2 is 0.778 bits per heavy atom. The van der Waals surface area contributed by atoms with E-state index in [1.165, 1.54) is 48.5 Å². The summed E-state index contributed by atoms with van der Waals surface area (Å²) in [5.41, 5.74) is 0.770. The molecule has 4 amide bonds. The lowest BCUT2D eigenvalue weighted by molar-refractivity contribution is -0.137. The Labute approximate surface area is 203 Å². The van der Waals surface area contributed by atoms with Gasteiger partial charge in [-0.05, 0) is 36.4 Å². The first-order valence-corrected chi connectivity index (χ1v) is 10.8. The zero-order chi connectivity index (χ0) is 25.4. The highest BCUT2D eigenvalue weighted by atomic mass is 16.6. The van der Waals surface area contributed by atoms with Crippen molar-refractivity contribution < 1.29 is 38.2 Å². The predicted molar refractivity (Wildman–Crippen MR) is 121 cm³/mol. The number of rotatable bonds is 6. The molecule has 0 bridgehead atoms. The van der Waals surface area contributed by atoms with Crippen LogP contribution in [0.15, 0.2) is 72.8 Å². The van der Waals surface area contributed by atoms with E-state index in [4.69, 9.17) is 9.47 Å². The van der Waals surface area contributed by atoms with Crippen LogP contribution in [0.2, 0.25) is 0 Å². The van der Waals surface area contributed by atoms with Crippen molar-refractivity contribution in [1.29, 1.82) is 0 Å². The molecule has 2 aliphatic rings. The Hall–Kier alpha value is -5.12. The minimum atomic E-state index is -0.937. The van der Waals surface area contributed by atoms with E-state index in [0.717, 1.165) is 9.80 Å². The van der Waals surface area contributed by atoms with Gasteiger partial charge in [0, 0.05) is 0 Å². The van der Waals surface area contributed by atoms with Crippen LogP contribution in [-0.2, 0) is 9.59 Å². The van der Waals surface area contributed by atoms with Gasteiger partial charge in [-0.3, -0.25) is 29.0 Å². The van der Waals surface area contributed by atoms with Crippen LogP contribution < -0.4 is 9.47 Å². The standard InChI is InChI=1S/C26H16N2O8/c29-21(13-27-23(31)15-7-1-2-8-16(15)24(27)32)35-19-11-5-6-12-20(19)36-22(30)14-28-25(33)17-9-3-4-10-18(17)26(28)34/h1-12H,13-14H2. The number of hydrogen-bond donors (Lipinski definition) is 0. The van der Waals surface area contributed by atoms with Crippen molar-refractivity contribution in [2.24, 2.45) is 0 Å². The third-order valence-corrected chi connectivity index (χ3v) is 5.63. The fraction of sp³-hybridized carbons (Fsp3) is 0.0769. The quantitative estimate of drug-likeness (QED) is 0.296. The summed E-state index contributed by atoms with van der Waals surface area (Å²) in [7, 11) is 0. The summed E-state index contributed by atoms with van der Waals surface area (Å²) in [5.74, 6) is -4.63. The van der Waals surface area contributed by atoms with Crippen LogP contribution >= 0.6 is 0 Å². The van der Waals surface area contributed by atoms with Gasteiger partial charge in [0.25, 0.3) is 23.6 Å². The highest BCUT2D eigenvalue weighted by Crippen LogP contribution is 2.28. The molecule has 0 atom stereocenters. The number of carbonyl (C=O) groups excluding carboxylic acids is 6. The highest BCUT2D eigenvalue weighted by molar-refractivity contribution is 6.23. The maximum absolute atomic E-state index is 12.5. The smallest absolute Gasteiger partial charge is 0.331 e. The molecule has 0 N–H and O–H groups in total. The van der Waals surface area contributed by atoms with Gasteiger partial charge in [-0.2, -0.15) is 0 Å². The average Bonchev–Trinajstić information content (AvgIpc) is 3.26. The summed E-state index contributed by atoms with van der Waals surface area (Å²) in [6.07, 6.45) is 0. The summed E-state index contributed by atoms with van der Waals surface area (Å²) >= 11 is 0. The van der Waals surface area contributed by atoms with Crippen LogP contribution in [0.3, 0.4) is 0 Å². The van der Waals surface area contributed by atoms with Crippen LogP contribution in [-0.4, -0.2) is 58.5 Å². The third kappa shape index (κ3) is 3.90. The van der Waals surface area contributed by atoms with Crippen molar-refractivity contribution in [3.63, 3.8) is 0 Å². The minimum Gasteiger partial charge on any atom is -0.421 e. The molecule has 10 nitrogen and oxygen atoms in total. The zero-order valence-corrected chi connectivity index (χ0v) is 18.5. The second-order valence-electron chi connectivity index (χ2n) is 7.88. The normalized spacial score (nSPS) is 14.1. The van der Waals surface area contributed by atoms with E-state index in [1.54, 1.807) is 24.3 Å². The van der Waals surface area contributed by atoms with Crippen molar-refractivity contribution in [2.75, 3.05) is 13.1 Å². The molecule has 0 unspecified atom stereocenters. The molecule has 2 heterocycles. The van der Waals surface area contributed by atoms with E-state index in [2.05, 4.69) is 0 Å². The molecule has 178 valence electrons. The minimum absolute atomic E-state index is 0.144. The van der Waals surface area contributed by atoms with E-state index in [0.29, 0.717) is 0 Å². The summed E-state index contributed by atoms with van der Waals surface area (Å²) < 4.78 is 10.5. The number of hydrogen-bond acceptors (Lipinski definition) is 8. The summed E-state index contributed by atoms with van der Waals surface area (Å²) in [5, 5.41) is 0. The Morgan fingerprint density at radius 3 is 1.08 bits per heavy atom. The number of amides is 4. The summed E-state index contributed by atoms with van der Waals surface area (Å²) in [4.78, 5) is 76.5. The van der Waals surface area contributed by atoms with Crippen LogP contribution in [0, 0.1) is 0 Å². The second kappa shape index (κ2) is 8.91. The topological polar surface area (TPSA) is 127 Å². The van der Waals surface area contributed by atoms with E-state index in [9.17, 15) is 28.8 Å². The molecule has 3 aromatic rings. The van der Waals surface area contributed by atoms with Crippen molar-refractivity contribution in [1.82, 2.24) is 9.80 Å². The van der Waals surface area contributed by atoms with Crippen molar-refractivity contribution in [3.8, 4) is 11.5 Å². The third-order valence-electron chi connectivity index (χ3n) is 5.63. The molecule has 2 aliphatic heterocycles. The second-order valence-corrected chi connectivity index (χ2v) is 7.88.